The lowest BCUT2D eigenvalue weighted by atomic mass is 10.3. The van der Waals surface area contributed by atoms with E-state index in [1.807, 2.05) is 18.3 Å². The van der Waals surface area contributed by atoms with Crippen molar-refractivity contribution in [3.8, 4) is 0 Å². The van der Waals surface area contributed by atoms with Crippen LogP contribution in [0.3, 0.4) is 0 Å². The van der Waals surface area contributed by atoms with Gasteiger partial charge in [-0.2, -0.15) is 0 Å². The van der Waals surface area contributed by atoms with Gasteiger partial charge in [-0.3, -0.25) is 0 Å². The molecule has 0 unspecified atom stereocenters. The minimum absolute atomic E-state index is 0.199. The predicted molar refractivity (Wildman–Crippen MR) is 46.3 cm³/mol. The van der Waals surface area contributed by atoms with Crippen LogP contribution in [0.4, 0.5) is 0 Å². The molecular weight excluding hydrogens is 142 g/mol. The van der Waals surface area contributed by atoms with Crippen molar-refractivity contribution in [3.05, 3.63) is 21.9 Å². The summed E-state index contributed by atoms with van der Waals surface area (Å²) >= 11 is 1.82. The number of aryl methyl sites for hydroxylation is 1. The Labute approximate surface area is 65.9 Å². The molecule has 56 valence electrons. The Kier molecular flexibility index (Phi) is 2.46. The zero-order chi connectivity index (χ0) is 7.56. The van der Waals surface area contributed by atoms with Crippen LogP contribution in [0.1, 0.15) is 29.6 Å². The minimum atomic E-state index is 0.199. The summed E-state index contributed by atoms with van der Waals surface area (Å²) in [6.07, 6.45) is 1.12. The summed E-state index contributed by atoms with van der Waals surface area (Å²) in [5, 5.41) is 0. The maximum absolute atomic E-state index is 5.69. The number of nitrogens with two attached hydrogens (primary N) is 1. The van der Waals surface area contributed by atoms with Crippen LogP contribution < -0.4 is 5.73 Å². The van der Waals surface area contributed by atoms with E-state index in [9.17, 15) is 0 Å². The van der Waals surface area contributed by atoms with Crippen LogP contribution in [0, 0.1) is 0 Å². The van der Waals surface area contributed by atoms with Crippen LogP contribution in [0.5, 0.6) is 0 Å². The fourth-order valence-corrected chi connectivity index (χ4v) is 1.73. The van der Waals surface area contributed by atoms with Gasteiger partial charge in [-0.1, -0.05) is 6.92 Å². The summed E-state index contributed by atoms with van der Waals surface area (Å²) in [6.45, 7) is 4.18. The van der Waals surface area contributed by atoms with Crippen LogP contribution in [0.15, 0.2) is 12.1 Å². The van der Waals surface area contributed by atoms with Crippen molar-refractivity contribution in [2.24, 2.45) is 5.73 Å². The molecule has 1 aromatic rings. The highest BCUT2D eigenvalue weighted by molar-refractivity contribution is 7.12. The monoisotopic (exact) mass is 155 g/mol. The van der Waals surface area contributed by atoms with Gasteiger partial charge in [0.2, 0.25) is 0 Å². The van der Waals surface area contributed by atoms with E-state index in [1.54, 1.807) is 0 Å². The van der Waals surface area contributed by atoms with E-state index in [2.05, 4.69) is 19.1 Å². The third-order valence-electron chi connectivity index (χ3n) is 1.48. The van der Waals surface area contributed by atoms with Crippen LogP contribution in [-0.2, 0) is 6.42 Å². The summed E-state index contributed by atoms with van der Waals surface area (Å²) in [4.78, 5) is 2.71. The molecule has 0 fully saturated rings. The zero-order valence-corrected chi connectivity index (χ0v) is 7.24. The van der Waals surface area contributed by atoms with Gasteiger partial charge in [-0.15, -0.1) is 11.3 Å². The van der Waals surface area contributed by atoms with Gasteiger partial charge in [-0.25, -0.2) is 0 Å². The molecule has 1 heterocycles. The molecule has 0 aliphatic carbocycles. The Balaban J connectivity index is 2.78. The molecule has 0 spiro atoms. The van der Waals surface area contributed by atoms with E-state index >= 15 is 0 Å². The summed E-state index contributed by atoms with van der Waals surface area (Å²) < 4.78 is 0. The van der Waals surface area contributed by atoms with Gasteiger partial charge in [0.15, 0.2) is 0 Å². The molecule has 0 amide bonds. The average Bonchev–Trinajstić information content (AvgIpc) is 2.34. The first-order chi connectivity index (χ1) is 4.74. The summed E-state index contributed by atoms with van der Waals surface area (Å²) in [7, 11) is 0. The number of hydrogen-bond acceptors (Lipinski definition) is 2. The molecule has 0 saturated heterocycles. The highest BCUT2D eigenvalue weighted by Gasteiger charge is 2.01. The van der Waals surface area contributed by atoms with Gasteiger partial charge in [0.1, 0.15) is 0 Å². The summed E-state index contributed by atoms with van der Waals surface area (Å²) in [6, 6.07) is 4.47. The number of hydrogen-bond donors (Lipinski definition) is 1. The topological polar surface area (TPSA) is 26.0 Å². The highest BCUT2D eigenvalue weighted by Crippen LogP contribution is 2.21. The Morgan fingerprint density at radius 1 is 1.60 bits per heavy atom. The van der Waals surface area contributed by atoms with Crippen LogP contribution in [0.25, 0.3) is 0 Å². The standard InChI is InChI=1S/C8H13NS/c1-3-7-4-5-8(10-7)6(2)9/h4-6H,3,9H2,1-2H3/t6-/m1/s1. The Morgan fingerprint density at radius 3 is 2.60 bits per heavy atom. The Morgan fingerprint density at radius 2 is 2.30 bits per heavy atom. The second-order valence-electron chi connectivity index (χ2n) is 2.45. The van der Waals surface area contributed by atoms with Crippen molar-refractivity contribution in [2.45, 2.75) is 26.3 Å². The molecule has 0 saturated carbocycles. The molecule has 2 heteroatoms. The molecule has 1 atom stereocenters. The van der Waals surface area contributed by atoms with Crippen molar-refractivity contribution in [2.75, 3.05) is 0 Å². The summed E-state index contributed by atoms with van der Waals surface area (Å²) in [5.41, 5.74) is 5.69. The van der Waals surface area contributed by atoms with Crippen LogP contribution in [-0.4, -0.2) is 0 Å². The highest BCUT2D eigenvalue weighted by atomic mass is 32.1. The van der Waals surface area contributed by atoms with Crippen molar-refractivity contribution in [1.29, 1.82) is 0 Å². The lowest BCUT2D eigenvalue weighted by Gasteiger charge is -1.97. The average molecular weight is 155 g/mol. The van der Waals surface area contributed by atoms with E-state index in [-0.39, 0.29) is 6.04 Å². The molecule has 0 aliphatic rings. The van der Waals surface area contributed by atoms with E-state index in [1.165, 1.54) is 9.75 Å². The van der Waals surface area contributed by atoms with E-state index in [0.29, 0.717) is 0 Å². The van der Waals surface area contributed by atoms with E-state index < -0.39 is 0 Å². The fraction of sp³-hybridized carbons (Fsp3) is 0.500. The van der Waals surface area contributed by atoms with Gasteiger partial charge in [0.25, 0.3) is 0 Å². The molecule has 10 heavy (non-hydrogen) atoms. The first-order valence-electron chi connectivity index (χ1n) is 3.58. The molecule has 0 radical (unpaired) electrons. The lowest BCUT2D eigenvalue weighted by Crippen LogP contribution is -2.01. The Bertz CT molecular complexity index is 203. The van der Waals surface area contributed by atoms with Crippen molar-refractivity contribution in [3.63, 3.8) is 0 Å². The van der Waals surface area contributed by atoms with Crippen molar-refractivity contribution in [1.82, 2.24) is 0 Å². The Hall–Kier alpha value is -0.340. The maximum atomic E-state index is 5.69. The molecule has 0 bridgehead atoms. The quantitative estimate of drug-likeness (QED) is 0.697. The van der Waals surface area contributed by atoms with Gasteiger partial charge < -0.3 is 5.73 Å². The number of thiophene rings is 1. The predicted octanol–water partition coefficient (Wildman–Crippen LogP) is 2.33. The minimum Gasteiger partial charge on any atom is -0.324 e. The molecule has 2 N–H and O–H groups in total. The molecular formula is C8H13NS. The van der Waals surface area contributed by atoms with E-state index in [0.717, 1.165) is 6.42 Å². The molecule has 1 rings (SSSR count). The molecule has 1 aromatic heterocycles. The first-order valence-corrected chi connectivity index (χ1v) is 4.40. The van der Waals surface area contributed by atoms with Crippen molar-refractivity contribution < 1.29 is 0 Å². The zero-order valence-electron chi connectivity index (χ0n) is 6.42. The molecule has 0 aliphatic heterocycles. The normalized spacial score (nSPS) is 13.5. The summed E-state index contributed by atoms with van der Waals surface area (Å²) in [5.74, 6) is 0. The van der Waals surface area contributed by atoms with Gasteiger partial charge in [0.05, 0.1) is 0 Å². The van der Waals surface area contributed by atoms with Crippen LogP contribution >= 0.6 is 11.3 Å². The van der Waals surface area contributed by atoms with Gasteiger partial charge in [-0.05, 0) is 25.5 Å². The van der Waals surface area contributed by atoms with Crippen LogP contribution in [0.2, 0.25) is 0 Å². The fourth-order valence-electron chi connectivity index (χ4n) is 0.829. The van der Waals surface area contributed by atoms with Gasteiger partial charge in [0, 0.05) is 15.8 Å². The SMILES string of the molecule is CCc1ccc([C@@H](C)N)s1. The lowest BCUT2D eigenvalue weighted by molar-refractivity contribution is 0.838. The largest absolute Gasteiger partial charge is 0.324 e. The molecule has 1 nitrogen and oxygen atoms in total. The van der Waals surface area contributed by atoms with Gasteiger partial charge >= 0.3 is 0 Å². The third kappa shape index (κ3) is 1.58. The number of rotatable bonds is 2. The van der Waals surface area contributed by atoms with E-state index in [4.69, 9.17) is 5.73 Å². The third-order valence-corrected chi connectivity index (χ3v) is 2.91. The molecule has 0 aromatic carbocycles. The smallest absolute Gasteiger partial charge is 0.0361 e. The first kappa shape index (κ1) is 7.76. The van der Waals surface area contributed by atoms with Crippen molar-refractivity contribution >= 4 is 11.3 Å². The maximum Gasteiger partial charge on any atom is 0.0361 e. The second-order valence-corrected chi connectivity index (χ2v) is 3.65. The second kappa shape index (κ2) is 3.17.